The van der Waals surface area contributed by atoms with E-state index < -0.39 is 0 Å². The summed E-state index contributed by atoms with van der Waals surface area (Å²) in [6.45, 7) is 15.0. The van der Waals surface area contributed by atoms with E-state index >= 15 is 0 Å². The van der Waals surface area contributed by atoms with Crippen molar-refractivity contribution in [1.29, 1.82) is 0 Å². The normalized spacial score (nSPS) is 8.45. The van der Waals surface area contributed by atoms with Crippen molar-refractivity contribution < 1.29 is 0 Å². The van der Waals surface area contributed by atoms with E-state index in [0.29, 0.717) is 0 Å². The van der Waals surface area contributed by atoms with Crippen LogP contribution in [-0.4, -0.2) is 12.0 Å². The molecular formula is C19H38S. The van der Waals surface area contributed by atoms with Gasteiger partial charge in [0.1, 0.15) is 0 Å². The first-order valence-electron chi connectivity index (χ1n) is 8.15. The molecule has 0 aromatic heterocycles. The van der Waals surface area contributed by atoms with Gasteiger partial charge in [-0.1, -0.05) is 85.2 Å². The fourth-order valence-corrected chi connectivity index (χ4v) is 1.33. The van der Waals surface area contributed by atoms with Gasteiger partial charge >= 0.3 is 0 Å². The number of thioether (sulfide) groups is 1. The lowest BCUT2D eigenvalue weighted by Gasteiger charge is -1.90. The molecule has 0 aliphatic heterocycles. The van der Waals surface area contributed by atoms with E-state index in [-0.39, 0.29) is 0 Å². The van der Waals surface area contributed by atoms with Crippen molar-refractivity contribution in [3.05, 3.63) is 35.9 Å². The molecule has 0 heterocycles. The fourth-order valence-electron chi connectivity index (χ4n) is 0.918. The first-order valence-corrected chi connectivity index (χ1v) is 9.54. The van der Waals surface area contributed by atoms with E-state index in [1.54, 1.807) is 0 Å². The van der Waals surface area contributed by atoms with Gasteiger partial charge in [0.2, 0.25) is 0 Å². The molecule has 120 valence electrons. The lowest BCUT2D eigenvalue weighted by molar-refractivity contribution is 0.626. The monoisotopic (exact) mass is 298 g/mol. The third-order valence-electron chi connectivity index (χ3n) is 2.48. The van der Waals surface area contributed by atoms with Gasteiger partial charge in [0.15, 0.2) is 0 Å². The summed E-state index contributed by atoms with van der Waals surface area (Å²) in [5.74, 6) is 2.19. The second-order valence-corrected chi connectivity index (χ2v) is 5.62. The maximum absolute atomic E-state index is 2.22. The molecule has 1 aromatic carbocycles. The molecule has 20 heavy (non-hydrogen) atoms. The van der Waals surface area contributed by atoms with Crippen LogP contribution >= 0.6 is 11.8 Å². The molecule has 1 rings (SSSR count). The van der Waals surface area contributed by atoms with Crippen LogP contribution in [0.2, 0.25) is 0 Å². The number of benzene rings is 1. The molecule has 1 heteroatoms. The van der Waals surface area contributed by atoms with Crippen LogP contribution in [0.1, 0.15) is 66.9 Å². The fraction of sp³-hybridized carbons (Fsp3) is 0.684. The number of hydrogen-bond acceptors (Lipinski definition) is 1. The molecule has 0 N–H and O–H groups in total. The lowest BCUT2D eigenvalue weighted by atomic mass is 10.2. The Morgan fingerprint density at radius 2 is 1.40 bits per heavy atom. The lowest BCUT2D eigenvalue weighted by Crippen LogP contribution is -1.77. The molecule has 0 fully saturated rings. The maximum Gasteiger partial charge on any atom is -0.00729 e. The van der Waals surface area contributed by atoms with Gasteiger partial charge in [0.25, 0.3) is 0 Å². The minimum atomic E-state index is 0.884. The van der Waals surface area contributed by atoms with E-state index in [0.717, 1.165) is 12.3 Å². The van der Waals surface area contributed by atoms with E-state index in [4.69, 9.17) is 0 Å². The molecule has 0 saturated heterocycles. The Kier molecular flexibility index (Phi) is 29.1. The minimum absolute atomic E-state index is 0.884. The van der Waals surface area contributed by atoms with E-state index in [1.165, 1.54) is 24.2 Å². The molecule has 0 unspecified atom stereocenters. The summed E-state index contributed by atoms with van der Waals surface area (Å²) in [6.07, 6.45) is 5.88. The standard InChI is InChI=1S/C8H10.C5H12.C4H10S.C2H6/c1-2-8-6-4-3-5-7-8;1-4-5(2)3;1-3-4-5-2;1-2/h3-7H,2H2,1H3;5H,4H2,1-3H3;3-4H2,1-2H3;1-2H3. The first kappa shape index (κ1) is 24.6. The van der Waals surface area contributed by atoms with Crippen LogP contribution in [0.3, 0.4) is 0 Å². The molecule has 0 aliphatic carbocycles. The van der Waals surface area contributed by atoms with Crippen molar-refractivity contribution in [3.63, 3.8) is 0 Å². The Morgan fingerprint density at radius 1 is 0.950 bits per heavy atom. The summed E-state index contributed by atoms with van der Waals surface area (Å²) >= 11 is 1.90. The topological polar surface area (TPSA) is 0 Å². The van der Waals surface area contributed by atoms with Crippen molar-refractivity contribution in [2.45, 2.75) is 67.7 Å². The van der Waals surface area contributed by atoms with Crippen molar-refractivity contribution >= 4 is 11.8 Å². The molecule has 1 aromatic rings. The van der Waals surface area contributed by atoms with Crippen LogP contribution in [0.25, 0.3) is 0 Å². The van der Waals surface area contributed by atoms with Crippen LogP contribution in [0.15, 0.2) is 30.3 Å². The van der Waals surface area contributed by atoms with Crippen LogP contribution in [0.5, 0.6) is 0 Å². The Hall–Kier alpha value is -0.430. The van der Waals surface area contributed by atoms with Gasteiger partial charge in [-0.2, -0.15) is 11.8 Å². The molecule has 0 radical (unpaired) electrons. The SMILES string of the molecule is CC.CCC(C)C.CCCSC.CCc1ccccc1. The van der Waals surface area contributed by atoms with Gasteiger partial charge in [0, 0.05) is 0 Å². The third-order valence-corrected chi connectivity index (χ3v) is 3.29. The Balaban J connectivity index is -0.000000213. The van der Waals surface area contributed by atoms with Gasteiger partial charge in [0.05, 0.1) is 0 Å². The van der Waals surface area contributed by atoms with E-state index in [9.17, 15) is 0 Å². The summed E-state index contributed by atoms with van der Waals surface area (Å²) in [5.41, 5.74) is 1.41. The zero-order chi connectivity index (χ0) is 16.2. The van der Waals surface area contributed by atoms with Gasteiger partial charge < -0.3 is 0 Å². The van der Waals surface area contributed by atoms with Crippen LogP contribution in [0, 0.1) is 5.92 Å². The molecular weight excluding hydrogens is 260 g/mol. The van der Waals surface area contributed by atoms with E-state index in [1.807, 2.05) is 31.7 Å². The average Bonchev–Trinajstić information content (AvgIpc) is 2.52. The number of hydrogen-bond donors (Lipinski definition) is 0. The summed E-state index contributed by atoms with van der Waals surface area (Å²) in [7, 11) is 0. The maximum atomic E-state index is 2.22. The molecule has 0 nitrogen and oxygen atoms in total. The Morgan fingerprint density at radius 3 is 1.55 bits per heavy atom. The third kappa shape index (κ3) is 26.2. The highest BCUT2D eigenvalue weighted by Gasteiger charge is 1.80. The predicted octanol–water partition coefficient (Wildman–Crippen LogP) is 7.09. The quantitative estimate of drug-likeness (QED) is 0.572. The van der Waals surface area contributed by atoms with Crippen LogP contribution < -0.4 is 0 Å². The first-order chi connectivity index (χ1) is 9.62. The molecule has 0 aliphatic rings. The van der Waals surface area contributed by atoms with Crippen LogP contribution in [-0.2, 0) is 6.42 Å². The second kappa shape index (κ2) is 23.6. The summed E-state index contributed by atoms with van der Waals surface area (Å²) < 4.78 is 0. The van der Waals surface area contributed by atoms with Gasteiger partial charge in [-0.05, 0) is 36.3 Å². The number of rotatable bonds is 4. The highest BCUT2D eigenvalue weighted by Crippen LogP contribution is 1.97. The zero-order valence-corrected chi connectivity index (χ0v) is 16.0. The van der Waals surface area contributed by atoms with Gasteiger partial charge in [-0.25, -0.2) is 0 Å². The van der Waals surface area contributed by atoms with E-state index in [2.05, 4.69) is 65.1 Å². The van der Waals surface area contributed by atoms with Crippen LogP contribution in [0.4, 0.5) is 0 Å². The van der Waals surface area contributed by atoms with Gasteiger partial charge in [-0.3, -0.25) is 0 Å². The van der Waals surface area contributed by atoms with Gasteiger partial charge in [-0.15, -0.1) is 0 Å². The second-order valence-electron chi connectivity index (χ2n) is 4.63. The Bertz CT molecular complexity index is 227. The smallest absolute Gasteiger partial charge is 0.00729 e. The predicted molar refractivity (Wildman–Crippen MR) is 101 cm³/mol. The summed E-state index contributed by atoms with van der Waals surface area (Å²) in [6, 6.07) is 10.5. The Labute approximate surface area is 133 Å². The van der Waals surface area contributed by atoms with Crippen molar-refractivity contribution in [1.82, 2.24) is 0 Å². The molecule has 0 saturated carbocycles. The highest BCUT2D eigenvalue weighted by molar-refractivity contribution is 7.98. The highest BCUT2D eigenvalue weighted by atomic mass is 32.2. The van der Waals surface area contributed by atoms with Crippen molar-refractivity contribution in [2.24, 2.45) is 5.92 Å². The van der Waals surface area contributed by atoms with Crippen molar-refractivity contribution in [2.75, 3.05) is 12.0 Å². The number of aryl methyl sites for hydroxylation is 1. The molecule has 0 atom stereocenters. The molecule has 0 spiro atoms. The zero-order valence-electron chi connectivity index (χ0n) is 15.2. The average molecular weight is 299 g/mol. The van der Waals surface area contributed by atoms with Crippen molar-refractivity contribution in [3.8, 4) is 0 Å². The molecule has 0 bridgehead atoms. The largest absolute Gasteiger partial charge is 0.165 e. The summed E-state index contributed by atoms with van der Waals surface area (Å²) in [5, 5.41) is 0. The summed E-state index contributed by atoms with van der Waals surface area (Å²) in [4.78, 5) is 0. The minimum Gasteiger partial charge on any atom is -0.165 e. The molecule has 0 amide bonds.